The lowest BCUT2D eigenvalue weighted by molar-refractivity contribution is 0.238. The molecule has 0 radical (unpaired) electrons. The molecule has 0 spiro atoms. The third-order valence-electron chi connectivity index (χ3n) is 5.61. The highest BCUT2D eigenvalue weighted by Gasteiger charge is 2.20. The van der Waals surface area contributed by atoms with E-state index in [1.165, 1.54) is 0 Å². The fourth-order valence-corrected chi connectivity index (χ4v) is 3.85. The van der Waals surface area contributed by atoms with E-state index in [0.29, 0.717) is 6.61 Å². The number of fused-ring (bicyclic) bond motifs is 1. The van der Waals surface area contributed by atoms with Gasteiger partial charge in [0.2, 0.25) is 0 Å². The molecule has 0 atom stereocenters. The monoisotopic (exact) mass is 431 g/mol. The van der Waals surface area contributed by atoms with E-state index < -0.39 is 0 Å². The number of benzene rings is 3. The maximum atomic E-state index is 6.09. The molecule has 5 heteroatoms. The summed E-state index contributed by atoms with van der Waals surface area (Å²) in [6.07, 6.45) is 4.33. The van der Waals surface area contributed by atoms with E-state index in [4.69, 9.17) is 18.9 Å². The summed E-state index contributed by atoms with van der Waals surface area (Å²) in [5, 5.41) is 0. The average Bonchev–Trinajstić information content (AvgIpc) is 3.06. The summed E-state index contributed by atoms with van der Waals surface area (Å²) in [5.74, 6) is 3.31. The molecule has 0 bridgehead atoms. The SMILES string of the molecule is COc1ccc(C=CCN2CCOc3c(cc(-c4ccc(OC)cc4)cc3OC)C2)cc1. The van der Waals surface area contributed by atoms with Crippen molar-refractivity contribution in [2.45, 2.75) is 6.54 Å². The molecule has 0 aromatic heterocycles. The molecule has 0 aliphatic carbocycles. The molecule has 166 valence electrons. The first-order chi connectivity index (χ1) is 15.7. The largest absolute Gasteiger partial charge is 0.497 e. The van der Waals surface area contributed by atoms with E-state index in [-0.39, 0.29) is 0 Å². The minimum absolute atomic E-state index is 0.627. The molecule has 3 aromatic rings. The van der Waals surface area contributed by atoms with Gasteiger partial charge in [0.15, 0.2) is 11.5 Å². The molecule has 0 saturated carbocycles. The van der Waals surface area contributed by atoms with Crippen molar-refractivity contribution in [3.05, 3.63) is 77.9 Å². The Bertz CT molecular complexity index is 1060. The molecule has 1 heterocycles. The highest BCUT2D eigenvalue weighted by atomic mass is 16.5. The fourth-order valence-electron chi connectivity index (χ4n) is 3.85. The van der Waals surface area contributed by atoms with Gasteiger partial charge in [-0.15, -0.1) is 0 Å². The summed E-state index contributed by atoms with van der Waals surface area (Å²) in [4.78, 5) is 2.38. The molecule has 0 unspecified atom stereocenters. The minimum Gasteiger partial charge on any atom is -0.497 e. The quantitative estimate of drug-likeness (QED) is 0.509. The lowest BCUT2D eigenvalue weighted by Gasteiger charge is -2.18. The van der Waals surface area contributed by atoms with Crippen molar-refractivity contribution < 1.29 is 18.9 Å². The topological polar surface area (TPSA) is 40.2 Å². The second kappa shape index (κ2) is 10.2. The predicted octanol–water partition coefficient (Wildman–Crippen LogP) is 5.29. The van der Waals surface area contributed by atoms with E-state index >= 15 is 0 Å². The van der Waals surface area contributed by atoms with Gasteiger partial charge in [-0.25, -0.2) is 0 Å². The van der Waals surface area contributed by atoms with E-state index in [1.54, 1.807) is 21.3 Å². The third kappa shape index (κ3) is 5.06. The first kappa shape index (κ1) is 21.8. The standard InChI is InChI=1S/C27H29NO4/c1-29-24-10-6-20(7-11-24)5-4-14-28-15-16-32-27-23(19-28)17-22(18-26(27)31-3)21-8-12-25(30-2)13-9-21/h4-13,17-18H,14-16,19H2,1-3H3. The van der Waals surface area contributed by atoms with Crippen LogP contribution in [0.15, 0.2) is 66.7 Å². The van der Waals surface area contributed by atoms with Crippen molar-refractivity contribution in [1.82, 2.24) is 4.90 Å². The molecule has 0 saturated heterocycles. The van der Waals surface area contributed by atoms with Gasteiger partial charge in [0.25, 0.3) is 0 Å². The number of methoxy groups -OCH3 is 3. The van der Waals surface area contributed by atoms with Gasteiger partial charge in [-0.05, 0) is 53.1 Å². The first-order valence-corrected chi connectivity index (χ1v) is 10.7. The minimum atomic E-state index is 0.627. The second-order valence-corrected chi connectivity index (χ2v) is 7.65. The Balaban J connectivity index is 1.53. The molecule has 4 rings (SSSR count). The molecule has 1 aliphatic heterocycles. The lowest BCUT2D eigenvalue weighted by atomic mass is 10.0. The highest BCUT2D eigenvalue weighted by Crippen LogP contribution is 2.38. The average molecular weight is 432 g/mol. The molecular weight excluding hydrogens is 402 g/mol. The van der Waals surface area contributed by atoms with E-state index in [9.17, 15) is 0 Å². The van der Waals surface area contributed by atoms with Gasteiger partial charge in [0.1, 0.15) is 18.1 Å². The van der Waals surface area contributed by atoms with E-state index in [2.05, 4.69) is 47.4 Å². The van der Waals surface area contributed by atoms with Crippen LogP contribution in [0.4, 0.5) is 0 Å². The van der Waals surface area contributed by atoms with Crippen LogP contribution in [0.25, 0.3) is 17.2 Å². The van der Waals surface area contributed by atoms with Gasteiger partial charge < -0.3 is 18.9 Å². The molecule has 5 nitrogen and oxygen atoms in total. The maximum Gasteiger partial charge on any atom is 0.165 e. The van der Waals surface area contributed by atoms with E-state index in [1.807, 2.05) is 30.3 Å². The van der Waals surface area contributed by atoms with Crippen molar-refractivity contribution in [2.75, 3.05) is 41.0 Å². The summed E-state index contributed by atoms with van der Waals surface area (Å²) in [5.41, 5.74) is 4.50. The van der Waals surface area contributed by atoms with Crippen molar-refractivity contribution >= 4 is 6.08 Å². The zero-order valence-electron chi connectivity index (χ0n) is 18.8. The molecule has 32 heavy (non-hydrogen) atoms. The Labute approximate surface area is 189 Å². The summed E-state index contributed by atoms with van der Waals surface area (Å²) < 4.78 is 22.3. The molecule has 0 fully saturated rings. The van der Waals surface area contributed by atoms with Gasteiger partial charge in [-0.1, -0.05) is 36.4 Å². The van der Waals surface area contributed by atoms with Crippen molar-refractivity contribution in [2.24, 2.45) is 0 Å². The van der Waals surface area contributed by atoms with Crippen LogP contribution < -0.4 is 18.9 Å². The van der Waals surface area contributed by atoms with Crippen molar-refractivity contribution in [3.8, 4) is 34.1 Å². The number of hydrogen-bond donors (Lipinski definition) is 0. The van der Waals surface area contributed by atoms with Crippen LogP contribution >= 0.6 is 0 Å². The second-order valence-electron chi connectivity index (χ2n) is 7.65. The normalized spacial score (nSPS) is 13.8. The van der Waals surface area contributed by atoms with Crippen LogP contribution in [0.1, 0.15) is 11.1 Å². The first-order valence-electron chi connectivity index (χ1n) is 10.7. The van der Waals surface area contributed by atoms with Crippen LogP contribution in [0, 0.1) is 0 Å². The summed E-state index contributed by atoms with van der Waals surface area (Å²) >= 11 is 0. The molecule has 0 amide bonds. The fraction of sp³-hybridized carbons (Fsp3) is 0.259. The van der Waals surface area contributed by atoms with Gasteiger partial charge >= 0.3 is 0 Å². The number of hydrogen-bond acceptors (Lipinski definition) is 5. The summed E-state index contributed by atoms with van der Waals surface area (Å²) in [7, 11) is 5.05. The van der Waals surface area contributed by atoms with Gasteiger partial charge in [-0.2, -0.15) is 0 Å². The molecule has 1 aliphatic rings. The van der Waals surface area contributed by atoms with Gasteiger partial charge in [0.05, 0.1) is 21.3 Å². The van der Waals surface area contributed by atoms with Crippen LogP contribution in [-0.4, -0.2) is 45.9 Å². The summed E-state index contributed by atoms with van der Waals surface area (Å²) in [6.45, 7) is 3.11. The van der Waals surface area contributed by atoms with Crippen LogP contribution in [0.3, 0.4) is 0 Å². The summed E-state index contributed by atoms with van der Waals surface area (Å²) in [6, 6.07) is 20.4. The Kier molecular flexibility index (Phi) is 6.97. The predicted molar refractivity (Wildman–Crippen MR) is 128 cm³/mol. The lowest BCUT2D eigenvalue weighted by Crippen LogP contribution is -2.25. The van der Waals surface area contributed by atoms with Crippen LogP contribution in [0.5, 0.6) is 23.0 Å². The zero-order valence-corrected chi connectivity index (χ0v) is 18.8. The molecule has 3 aromatic carbocycles. The van der Waals surface area contributed by atoms with Gasteiger partial charge in [0, 0.05) is 25.2 Å². The Morgan fingerprint density at radius 1 is 0.844 bits per heavy atom. The highest BCUT2D eigenvalue weighted by molar-refractivity contribution is 5.70. The maximum absolute atomic E-state index is 6.09. The Hall–Kier alpha value is -3.44. The Morgan fingerprint density at radius 3 is 2.19 bits per heavy atom. The Morgan fingerprint density at radius 2 is 1.53 bits per heavy atom. The van der Waals surface area contributed by atoms with Crippen molar-refractivity contribution in [1.29, 1.82) is 0 Å². The zero-order chi connectivity index (χ0) is 22.3. The molecule has 0 N–H and O–H groups in total. The number of ether oxygens (including phenoxy) is 4. The van der Waals surface area contributed by atoms with Gasteiger partial charge in [-0.3, -0.25) is 4.90 Å². The van der Waals surface area contributed by atoms with Crippen LogP contribution in [-0.2, 0) is 6.54 Å². The molecular formula is C27H29NO4. The number of rotatable bonds is 7. The van der Waals surface area contributed by atoms with E-state index in [0.717, 1.165) is 64.9 Å². The van der Waals surface area contributed by atoms with Crippen LogP contribution in [0.2, 0.25) is 0 Å². The smallest absolute Gasteiger partial charge is 0.165 e. The number of nitrogens with zero attached hydrogens (tertiary/aromatic N) is 1. The van der Waals surface area contributed by atoms with Crippen molar-refractivity contribution in [3.63, 3.8) is 0 Å². The third-order valence-corrected chi connectivity index (χ3v) is 5.61.